The largest absolute Gasteiger partial charge is 0.328 e. The number of hydrogen-bond donors (Lipinski definition) is 2. The van der Waals surface area contributed by atoms with Crippen molar-refractivity contribution in [3.05, 3.63) is 0 Å². The third-order valence-corrected chi connectivity index (χ3v) is 3.30. The summed E-state index contributed by atoms with van der Waals surface area (Å²) in [6.45, 7) is 3.16. The van der Waals surface area contributed by atoms with Crippen LogP contribution in [0.5, 0.6) is 0 Å². The maximum absolute atomic E-state index is 5.66. The lowest BCUT2D eigenvalue weighted by Gasteiger charge is -2.22. The Morgan fingerprint density at radius 2 is 1.93 bits per heavy atom. The third kappa shape index (κ3) is 8.18. The molecule has 1 unspecified atom stereocenters. The van der Waals surface area contributed by atoms with E-state index in [0.29, 0.717) is 6.04 Å². The Kier molecular flexibility index (Phi) is 12.8. The molecule has 0 aliphatic carbocycles. The van der Waals surface area contributed by atoms with Crippen LogP contribution in [0.15, 0.2) is 0 Å². The lowest BCUT2D eigenvalue weighted by molar-refractivity contribution is 0.464. The second-order valence-corrected chi connectivity index (χ2v) is 4.83. The normalized spacial score (nSPS) is 19.3. The minimum absolute atomic E-state index is 0. The van der Waals surface area contributed by atoms with E-state index in [1.54, 1.807) is 0 Å². The van der Waals surface area contributed by atoms with Gasteiger partial charge < -0.3 is 11.1 Å². The molecule has 1 aliphatic rings. The van der Waals surface area contributed by atoms with Crippen LogP contribution in [0.3, 0.4) is 0 Å². The van der Waals surface area contributed by atoms with E-state index in [2.05, 4.69) is 24.0 Å². The smallest absolute Gasteiger partial charge is 0.00827 e. The van der Waals surface area contributed by atoms with Crippen LogP contribution in [0.4, 0.5) is 0 Å². The number of hydrogen-bond acceptors (Lipinski definition) is 3. The zero-order chi connectivity index (χ0) is 8.81. The van der Waals surface area contributed by atoms with Gasteiger partial charge in [-0.2, -0.15) is 11.8 Å². The lowest BCUT2D eigenvalue weighted by atomic mass is 10.1. The molecule has 5 heteroatoms. The van der Waals surface area contributed by atoms with Crippen LogP contribution in [0, 0.1) is 0 Å². The summed E-state index contributed by atoms with van der Waals surface area (Å²) < 4.78 is 0. The van der Waals surface area contributed by atoms with Crippen LogP contribution in [0.25, 0.3) is 0 Å². The minimum atomic E-state index is 0. The zero-order valence-electron chi connectivity index (χ0n) is 8.70. The van der Waals surface area contributed by atoms with Crippen molar-refractivity contribution in [2.24, 2.45) is 5.73 Å². The number of halogens is 2. The topological polar surface area (TPSA) is 38.0 Å². The SMILES string of the molecule is CC(N)CCNC1CCSCC1.Cl.Cl. The van der Waals surface area contributed by atoms with Crippen molar-refractivity contribution in [2.45, 2.75) is 38.3 Å². The van der Waals surface area contributed by atoms with Gasteiger partial charge >= 0.3 is 0 Å². The highest BCUT2D eigenvalue weighted by Crippen LogP contribution is 2.16. The Morgan fingerprint density at radius 1 is 1.36 bits per heavy atom. The van der Waals surface area contributed by atoms with Gasteiger partial charge in [0.1, 0.15) is 0 Å². The monoisotopic (exact) mass is 260 g/mol. The summed E-state index contributed by atoms with van der Waals surface area (Å²) in [5.41, 5.74) is 5.66. The maximum Gasteiger partial charge on any atom is 0.00827 e. The highest BCUT2D eigenvalue weighted by atomic mass is 35.5. The van der Waals surface area contributed by atoms with E-state index in [9.17, 15) is 0 Å². The summed E-state index contributed by atoms with van der Waals surface area (Å²) >= 11 is 2.07. The third-order valence-electron chi connectivity index (χ3n) is 2.25. The summed E-state index contributed by atoms with van der Waals surface area (Å²) in [6.07, 6.45) is 3.77. The van der Waals surface area contributed by atoms with E-state index in [0.717, 1.165) is 19.0 Å². The second-order valence-electron chi connectivity index (χ2n) is 3.61. The van der Waals surface area contributed by atoms with Gasteiger partial charge in [-0.1, -0.05) is 0 Å². The Hall–Kier alpha value is 0.850. The van der Waals surface area contributed by atoms with Crippen molar-refractivity contribution >= 4 is 36.6 Å². The van der Waals surface area contributed by atoms with Gasteiger partial charge in [-0.15, -0.1) is 24.8 Å². The molecule has 88 valence electrons. The van der Waals surface area contributed by atoms with E-state index in [1.807, 2.05) is 0 Å². The van der Waals surface area contributed by atoms with Crippen LogP contribution in [-0.4, -0.2) is 30.1 Å². The average Bonchev–Trinajstić information content (AvgIpc) is 2.05. The second kappa shape index (κ2) is 10.4. The molecule has 0 spiro atoms. The van der Waals surface area contributed by atoms with Crippen molar-refractivity contribution < 1.29 is 0 Å². The first-order valence-corrected chi connectivity index (χ1v) is 6.01. The molecule has 0 aromatic carbocycles. The Labute approximate surface area is 104 Å². The molecule has 1 fully saturated rings. The first kappa shape index (κ1) is 17.3. The molecular formula is C9H22Cl2N2S. The Balaban J connectivity index is 0. The number of nitrogens with one attached hydrogen (secondary N) is 1. The molecule has 0 saturated carbocycles. The molecule has 14 heavy (non-hydrogen) atoms. The summed E-state index contributed by atoms with van der Waals surface area (Å²) in [7, 11) is 0. The average molecular weight is 261 g/mol. The van der Waals surface area contributed by atoms with Gasteiger partial charge in [-0.25, -0.2) is 0 Å². The molecule has 2 nitrogen and oxygen atoms in total. The fourth-order valence-electron chi connectivity index (χ4n) is 1.42. The first-order chi connectivity index (χ1) is 5.79. The summed E-state index contributed by atoms with van der Waals surface area (Å²) in [5.74, 6) is 2.66. The van der Waals surface area contributed by atoms with E-state index in [1.165, 1.54) is 24.3 Å². The van der Waals surface area contributed by atoms with Crippen LogP contribution >= 0.6 is 36.6 Å². The Bertz CT molecular complexity index is 119. The number of nitrogens with two attached hydrogens (primary N) is 1. The van der Waals surface area contributed by atoms with Crippen LogP contribution in [-0.2, 0) is 0 Å². The molecule has 1 aliphatic heterocycles. The highest BCUT2D eigenvalue weighted by Gasteiger charge is 2.12. The standard InChI is InChI=1S/C9H20N2S.2ClH/c1-8(10)2-5-11-9-3-6-12-7-4-9;;/h8-9,11H,2-7,10H2,1H3;2*1H. The van der Waals surface area contributed by atoms with E-state index >= 15 is 0 Å². The van der Waals surface area contributed by atoms with Crippen LogP contribution in [0.2, 0.25) is 0 Å². The molecule has 1 heterocycles. The molecule has 0 aromatic heterocycles. The summed E-state index contributed by atoms with van der Waals surface area (Å²) in [5, 5.41) is 3.56. The van der Waals surface area contributed by atoms with Gasteiger partial charge in [0.2, 0.25) is 0 Å². The van der Waals surface area contributed by atoms with Crippen LogP contribution < -0.4 is 11.1 Å². The molecule has 1 atom stereocenters. The molecule has 0 radical (unpaired) electrons. The van der Waals surface area contributed by atoms with Gasteiger partial charge in [0.05, 0.1) is 0 Å². The molecule has 1 rings (SSSR count). The summed E-state index contributed by atoms with van der Waals surface area (Å²) in [6, 6.07) is 1.11. The molecular weight excluding hydrogens is 239 g/mol. The van der Waals surface area contributed by atoms with Crippen molar-refractivity contribution in [3.63, 3.8) is 0 Å². The van der Waals surface area contributed by atoms with E-state index in [-0.39, 0.29) is 24.8 Å². The van der Waals surface area contributed by atoms with Gasteiger partial charge in [0, 0.05) is 12.1 Å². The van der Waals surface area contributed by atoms with Crippen molar-refractivity contribution in [2.75, 3.05) is 18.1 Å². The zero-order valence-corrected chi connectivity index (χ0v) is 11.1. The molecule has 0 aromatic rings. The highest BCUT2D eigenvalue weighted by molar-refractivity contribution is 7.99. The minimum Gasteiger partial charge on any atom is -0.328 e. The Morgan fingerprint density at radius 3 is 2.43 bits per heavy atom. The van der Waals surface area contributed by atoms with Gasteiger partial charge in [0.15, 0.2) is 0 Å². The molecule has 0 amide bonds. The first-order valence-electron chi connectivity index (χ1n) is 4.86. The predicted molar refractivity (Wildman–Crippen MR) is 71.1 cm³/mol. The molecule has 0 bridgehead atoms. The van der Waals surface area contributed by atoms with Crippen molar-refractivity contribution in [1.29, 1.82) is 0 Å². The fraction of sp³-hybridized carbons (Fsp3) is 1.00. The van der Waals surface area contributed by atoms with Crippen molar-refractivity contribution in [1.82, 2.24) is 5.32 Å². The van der Waals surface area contributed by atoms with Crippen LogP contribution in [0.1, 0.15) is 26.2 Å². The van der Waals surface area contributed by atoms with Gasteiger partial charge in [0.25, 0.3) is 0 Å². The molecule has 3 N–H and O–H groups in total. The van der Waals surface area contributed by atoms with Gasteiger partial charge in [-0.05, 0) is 44.2 Å². The molecule has 1 saturated heterocycles. The predicted octanol–water partition coefficient (Wildman–Crippen LogP) is 2.05. The van der Waals surface area contributed by atoms with Crippen molar-refractivity contribution in [3.8, 4) is 0 Å². The number of thioether (sulfide) groups is 1. The fourth-order valence-corrected chi connectivity index (χ4v) is 2.52. The quantitative estimate of drug-likeness (QED) is 0.813. The van der Waals surface area contributed by atoms with E-state index in [4.69, 9.17) is 5.73 Å². The lowest BCUT2D eigenvalue weighted by Crippen LogP contribution is -2.35. The number of rotatable bonds is 4. The maximum atomic E-state index is 5.66. The summed E-state index contributed by atoms with van der Waals surface area (Å²) in [4.78, 5) is 0. The van der Waals surface area contributed by atoms with E-state index < -0.39 is 0 Å². The van der Waals surface area contributed by atoms with Gasteiger partial charge in [-0.3, -0.25) is 0 Å².